The second kappa shape index (κ2) is 9.13. The van der Waals surface area contributed by atoms with Crippen molar-refractivity contribution in [1.82, 2.24) is 0 Å². The number of anilines is 1. The van der Waals surface area contributed by atoms with E-state index in [4.69, 9.17) is 15.2 Å². The van der Waals surface area contributed by atoms with Crippen molar-refractivity contribution in [3.05, 3.63) is 45.8 Å². The molecule has 0 saturated heterocycles. The molecule has 1 aliphatic rings. The van der Waals surface area contributed by atoms with Crippen LogP contribution in [0.4, 0.5) is 5.00 Å². The number of benzene rings is 1. The van der Waals surface area contributed by atoms with E-state index < -0.39 is 5.91 Å². The Morgan fingerprint density at radius 1 is 1.21 bits per heavy atom. The third kappa shape index (κ3) is 4.98. The van der Waals surface area contributed by atoms with E-state index in [1.807, 2.05) is 26.0 Å². The van der Waals surface area contributed by atoms with Crippen LogP contribution in [0.1, 0.15) is 53.1 Å². The van der Waals surface area contributed by atoms with Crippen LogP contribution >= 0.6 is 11.3 Å². The van der Waals surface area contributed by atoms with E-state index in [9.17, 15) is 9.59 Å². The van der Waals surface area contributed by atoms with E-state index in [0.717, 1.165) is 41.7 Å². The molecule has 3 N–H and O–H groups in total. The molecule has 154 valence electrons. The molecule has 6 nitrogen and oxygen atoms in total. The van der Waals surface area contributed by atoms with E-state index >= 15 is 0 Å². The van der Waals surface area contributed by atoms with Crippen LogP contribution in [0.2, 0.25) is 0 Å². The summed E-state index contributed by atoms with van der Waals surface area (Å²) in [6.07, 6.45) is 7.05. The molecule has 3 rings (SSSR count). The Kier molecular flexibility index (Phi) is 6.59. The summed E-state index contributed by atoms with van der Waals surface area (Å²) in [5.41, 5.74) is 7.84. The van der Waals surface area contributed by atoms with Gasteiger partial charge < -0.3 is 20.5 Å². The molecular weight excluding hydrogens is 388 g/mol. The Bertz CT molecular complexity index is 947. The number of carbonyl (C=O) groups is 2. The second-order valence-corrected chi connectivity index (χ2v) is 8.28. The van der Waals surface area contributed by atoms with Gasteiger partial charge in [-0.25, -0.2) is 0 Å². The molecule has 0 spiro atoms. The molecule has 1 heterocycles. The van der Waals surface area contributed by atoms with Crippen LogP contribution in [-0.4, -0.2) is 25.0 Å². The number of aryl methyl sites for hydroxylation is 1. The number of hydrogen-bond donors (Lipinski definition) is 2. The topological polar surface area (TPSA) is 90.6 Å². The number of carbonyl (C=O) groups excluding carboxylic acids is 2. The maximum absolute atomic E-state index is 12.4. The number of ether oxygens (including phenoxy) is 2. The SMILES string of the molecule is COc1cc(/C=C/C(=O)Nc2sc3c(c2C(N)=O)CCCC3)ccc1OC(C)C. The Morgan fingerprint density at radius 2 is 1.97 bits per heavy atom. The highest BCUT2D eigenvalue weighted by molar-refractivity contribution is 7.17. The fraction of sp³-hybridized carbons (Fsp3) is 0.364. The smallest absolute Gasteiger partial charge is 0.251 e. The minimum absolute atomic E-state index is 0.0344. The molecule has 1 aromatic heterocycles. The Hall–Kier alpha value is -2.80. The van der Waals surface area contributed by atoms with Crippen LogP contribution in [0.3, 0.4) is 0 Å². The van der Waals surface area contributed by atoms with Crippen LogP contribution in [0, 0.1) is 0 Å². The first-order valence-electron chi connectivity index (χ1n) is 9.67. The number of thiophene rings is 1. The van der Waals surface area contributed by atoms with Gasteiger partial charge in [-0.05, 0) is 68.9 Å². The predicted molar refractivity (Wildman–Crippen MR) is 116 cm³/mol. The summed E-state index contributed by atoms with van der Waals surface area (Å²) in [5, 5.41) is 3.36. The number of nitrogens with two attached hydrogens (primary N) is 1. The van der Waals surface area contributed by atoms with E-state index in [1.165, 1.54) is 17.4 Å². The molecule has 0 unspecified atom stereocenters. The van der Waals surface area contributed by atoms with Crippen molar-refractivity contribution in [1.29, 1.82) is 0 Å². The quantitative estimate of drug-likeness (QED) is 0.665. The van der Waals surface area contributed by atoms with Gasteiger partial charge in [0.1, 0.15) is 5.00 Å². The average Bonchev–Trinajstić information content (AvgIpc) is 3.04. The molecule has 1 aliphatic carbocycles. The molecule has 2 aromatic rings. The molecule has 0 aliphatic heterocycles. The van der Waals surface area contributed by atoms with Crippen molar-refractivity contribution in [2.45, 2.75) is 45.6 Å². The molecule has 7 heteroatoms. The van der Waals surface area contributed by atoms with Crippen LogP contribution in [0.25, 0.3) is 6.08 Å². The lowest BCUT2D eigenvalue weighted by atomic mass is 9.95. The van der Waals surface area contributed by atoms with Crippen molar-refractivity contribution < 1.29 is 19.1 Å². The van der Waals surface area contributed by atoms with Gasteiger partial charge in [0.25, 0.3) is 5.91 Å². The summed E-state index contributed by atoms with van der Waals surface area (Å²) in [7, 11) is 1.58. The van der Waals surface area contributed by atoms with Crippen molar-refractivity contribution in [3.63, 3.8) is 0 Å². The summed E-state index contributed by atoms with van der Waals surface area (Å²) < 4.78 is 11.1. The molecule has 0 radical (unpaired) electrons. The largest absolute Gasteiger partial charge is 0.493 e. The van der Waals surface area contributed by atoms with Gasteiger partial charge in [-0.15, -0.1) is 11.3 Å². The molecule has 29 heavy (non-hydrogen) atoms. The minimum Gasteiger partial charge on any atom is -0.493 e. The second-order valence-electron chi connectivity index (χ2n) is 7.18. The Morgan fingerprint density at radius 3 is 2.66 bits per heavy atom. The summed E-state index contributed by atoms with van der Waals surface area (Å²) in [6, 6.07) is 5.47. The summed E-state index contributed by atoms with van der Waals surface area (Å²) in [4.78, 5) is 25.5. The number of primary amides is 1. The van der Waals surface area contributed by atoms with Crippen LogP contribution in [0.15, 0.2) is 24.3 Å². The van der Waals surface area contributed by atoms with Crippen LogP contribution in [-0.2, 0) is 17.6 Å². The van der Waals surface area contributed by atoms with Gasteiger partial charge in [-0.1, -0.05) is 6.07 Å². The van der Waals surface area contributed by atoms with Gasteiger partial charge in [0.05, 0.1) is 18.8 Å². The Balaban J connectivity index is 1.75. The normalized spacial score (nSPS) is 13.4. The van der Waals surface area contributed by atoms with Crippen molar-refractivity contribution >= 4 is 34.2 Å². The number of hydrogen-bond acceptors (Lipinski definition) is 5. The number of amides is 2. The van der Waals surface area contributed by atoms with E-state index in [-0.39, 0.29) is 12.0 Å². The summed E-state index contributed by atoms with van der Waals surface area (Å²) in [5.74, 6) is 0.448. The average molecular weight is 415 g/mol. The highest BCUT2D eigenvalue weighted by Crippen LogP contribution is 2.38. The lowest BCUT2D eigenvalue weighted by Gasteiger charge is -2.13. The first kappa shape index (κ1) is 20.9. The number of methoxy groups -OCH3 is 1. The zero-order valence-electron chi connectivity index (χ0n) is 16.9. The first-order chi connectivity index (χ1) is 13.9. The number of fused-ring (bicyclic) bond motifs is 1. The molecule has 1 aromatic carbocycles. The van der Waals surface area contributed by atoms with Crippen molar-refractivity contribution in [2.75, 3.05) is 12.4 Å². The minimum atomic E-state index is -0.492. The standard InChI is InChI=1S/C22H26N2O4S/c1-13(2)28-16-10-8-14(12-17(16)27-3)9-11-19(25)24-22-20(21(23)26)15-6-4-5-7-18(15)29-22/h8-13H,4-7H2,1-3H3,(H2,23,26)(H,24,25)/b11-9+. The van der Waals surface area contributed by atoms with E-state index in [2.05, 4.69) is 5.32 Å². The van der Waals surface area contributed by atoms with Gasteiger partial charge in [-0.2, -0.15) is 0 Å². The molecule has 0 fully saturated rings. The van der Waals surface area contributed by atoms with Crippen LogP contribution < -0.4 is 20.5 Å². The fourth-order valence-electron chi connectivity index (χ4n) is 3.38. The molecule has 0 bridgehead atoms. The lowest BCUT2D eigenvalue weighted by molar-refractivity contribution is -0.111. The predicted octanol–water partition coefficient (Wildman–Crippen LogP) is 4.17. The fourth-order valence-corrected chi connectivity index (χ4v) is 4.68. The third-order valence-corrected chi connectivity index (χ3v) is 5.84. The van der Waals surface area contributed by atoms with Gasteiger partial charge in [0.15, 0.2) is 11.5 Å². The molecule has 0 saturated carbocycles. The monoisotopic (exact) mass is 414 g/mol. The van der Waals surface area contributed by atoms with Gasteiger partial charge in [-0.3, -0.25) is 9.59 Å². The maximum Gasteiger partial charge on any atom is 0.251 e. The highest BCUT2D eigenvalue weighted by atomic mass is 32.1. The number of nitrogens with one attached hydrogen (secondary N) is 1. The third-order valence-electron chi connectivity index (χ3n) is 4.63. The number of rotatable bonds is 7. The highest BCUT2D eigenvalue weighted by Gasteiger charge is 2.24. The lowest BCUT2D eigenvalue weighted by Crippen LogP contribution is -2.17. The van der Waals surface area contributed by atoms with Gasteiger partial charge >= 0.3 is 0 Å². The summed E-state index contributed by atoms with van der Waals surface area (Å²) in [6.45, 7) is 3.89. The Labute approximate surface area is 174 Å². The summed E-state index contributed by atoms with van der Waals surface area (Å²) >= 11 is 1.45. The first-order valence-corrected chi connectivity index (χ1v) is 10.5. The zero-order valence-corrected chi connectivity index (χ0v) is 17.7. The van der Waals surface area contributed by atoms with Gasteiger partial charge in [0.2, 0.25) is 5.91 Å². The van der Waals surface area contributed by atoms with Crippen molar-refractivity contribution in [2.24, 2.45) is 5.73 Å². The molecule has 0 atom stereocenters. The maximum atomic E-state index is 12.4. The van der Waals surface area contributed by atoms with Crippen LogP contribution in [0.5, 0.6) is 11.5 Å². The van der Waals surface area contributed by atoms with E-state index in [1.54, 1.807) is 19.3 Å². The molecular formula is C22H26N2O4S. The zero-order chi connectivity index (χ0) is 21.0. The van der Waals surface area contributed by atoms with Gasteiger partial charge in [0, 0.05) is 11.0 Å². The molecule has 2 amide bonds. The van der Waals surface area contributed by atoms with Crippen molar-refractivity contribution in [3.8, 4) is 11.5 Å². The van der Waals surface area contributed by atoms with E-state index in [0.29, 0.717) is 22.1 Å².